The van der Waals surface area contributed by atoms with Crippen molar-refractivity contribution < 1.29 is 27.5 Å². The molecule has 8 heteroatoms. The lowest BCUT2D eigenvalue weighted by molar-refractivity contribution is -0.138. The lowest BCUT2D eigenvalue weighted by Gasteiger charge is -2.33. The molecule has 1 aromatic carbocycles. The van der Waals surface area contributed by atoms with Crippen LogP contribution in [0.4, 0.5) is 0 Å². The molecular formula is C18H25NO6S. The van der Waals surface area contributed by atoms with Gasteiger partial charge in [-0.05, 0) is 31.9 Å². The van der Waals surface area contributed by atoms with Crippen molar-refractivity contribution in [2.45, 2.75) is 38.8 Å². The van der Waals surface area contributed by atoms with Crippen molar-refractivity contribution in [2.75, 3.05) is 25.2 Å². The third-order valence-electron chi connectivity index (χ3n) is 4.61. The Labute approximate surface area is 154 Å². The summed E-state index contributed by atoms with van der Waals surface area (Å²) >= 11 is 0. The molecule has 2 atom stereocenters. The number of carbonyl (C=O) groups is 2. The van der Waals surface area contributed by atoms with Crippen LogP contribution in [-0.2, 0) is 19.4 Å². The highest BCUT2D eigenvalue weighted by molar-refractivity contribution is 7.91. The Balaban J connectivity index is 2.06. The van der Waals surface area contributed by atoms with Crippen LogP contribution in [0, 0.1) is 0 Å². The van der Waals surface area contributed by atoms with Crippen LogP contribution in [0.25, 0.3) is 0 Å². The van der Waals surface area contributed by atoms with Crippen LogP contribution in [0.5, 0.6) is 5.75 Å². The molecule has 0 N–H and O–H groups in total. The van der Waals surface area contributed by atoms with Crippen molar-refractivity contribution >= 4 is 21.7 Å². The van der Waals surface area contributed by atoms with Gasteiger partial charge in [0.25, 0.3) is 5.91 Å². The van der Waals surface area contributed by atoms with E-state index in [0.717, 1.165) is 0 Å². The summed E-state index contributed by atoms with van der Waals surface area (Å²) in [4.78, 5) is 26.5. The summed E-state index contributed by atoms with van der Waals surface area (Å²) in [7, 11) is -1.67. The van der Waals surface area contributed by atoms with Gasteiger partial charge in [-0.3, -0.25) is 4.79 Å². The molecule has 1 aromatic rings. The van der Waals surface area contributed by atoms with Gasteiger partial charge in [0.05, 0.1) is 18.6 Å². The summed E-state index contributed by atoms with van der Waals surface area (Å²) in [6, 6.07) is 6.09. The summed E-state index contributed by atoms with van der Waals surface area (Å²) in [5, 5.41) is 0. The number of sulfone groups is 1. The number of benzene rings is 1. The zero-order chi connectivity index (χ0) is 19.3. The van der Waals surface area contributed by atoms with E-state index in [-0.39, 0.29) is 35.1 Å². The smallest absolute Gasteiger partial charge is 0.342 e. The number of carbonyl (C=O) groups excluding carboxylic acids is 2. The number of esters is 1. The number of hydrogen-bond acceptors (Lipinski definition) is 6. The van der Waals surface area contributed by atoms with Crippen molar-refractivity contribution in [3.05, 3.63) is 29.8 Å². The molecule has 0 unspecified atom stereocenters. The van der Waals surface area contributed by atoms with Crippen LogP contribution in [0.15, 0.2) is 24.3 Å². The van der Waals surface area contributed by atoms with Crippen molar-refractivity contribution in [1.82, 2.24) is 4.90 Å². The van der Waals surface area contributed by atoms with Crippen molar-refractivity contribution in [1.29, 1.82) is 0 Å². The average Bonchev–Trinajstić information content (AvgIpc) is 2.98. The van der Waals surface area contributed by atoms with E-state index in [1.165, 1.54) is 7.11 Å². The minimum atomic E-state index is -3.12. The van der Waals surface area contributed by atoms with Gasteiger partial charge < -0.3 is 14.4 Å². The average molecular weight is 383 g/mol. The number of amides is 1. The van der Waals surface area contributed by atoms with Crippen LogP contribution in [0.2, 0.25) is 0 Å². The molecule has 1 saturated heterocycles. The van der Waals surface area contributed by atoms with Gasteiger partial charge in [0.2, 0.25) is 0 Å². The first-order valence-electron chi connectivity index (χ1n) is 8.60. The molecule has 7 nitrogen and oxygen atoms in total. The summed E-state index contributed by atoms with van der Waals surface area (Å²) in [5.74, 6) is -0.628. The zero-order valence-electron chi connectivity index (χ0n) is 15.3. The quantitative estimate of drug-likeness (QED) is 0.665. The van der Waals surface area contributed by atoms with E-state index in [1.807, 2.05) is 13.8 Å². The summed E-state index contributed by atoms with van der Waals surface area (Å²) < 4.78 is 33.8. The first-order chi connectivity index (χ1) is 12.3. The van der Waals surface area contributed by atoms with Gasteiger partial charge in [-0.2, -0.15) is 0 Å². The molecule has 0 aromatic heterocycles. The minimum Gasteiger partial charge on any atom is -0.496 e. The standard InChI is InChI=1S/C18H25NO6S/c1-4-13(2)19(14-9-10-26(22,23)12-14)17(20)11-25-18(21)15-7-5-6-8-16(15)24-3/h5-8,13-14H,4,9-12H2,1-3H3/t13-,14+/m0/s1. The second-order valence-corrected chi connectivity index (χ2v) is 8.62. The molecule has 0 aliphatic carbocycles. The first-order valence-corrected chi connectivity index (χ1v) is 10.4. The predicted molar refractivity (Wildman–Crippen MR) is 96.9 cm³/mol. The Hall–Kier alpha value is -2.09. The number of rotatable bonds is 7. The molecule has 144 valence electrons. The van der Waals surface area contributed by atoms with Crippen LogP contribution in [0.3, 0.4) is 0 Å². The highest BCUT2D eigenvalue weighted by atomic mass is 32.2. The maximum atomic E-state index is 12.7. The molecule has 0 radical (unpaired) electrons. The lowest BCUT2D eigenvalue weighted by atomic mass is 10.1. The van der Waals surface area contributed by atoms with Crippen LogP contribution in [0.1, 0.15) is 37.0 Å². The van der Waals surface area contributed by atoms with Crippen molar-refractivity contribution in [3.63, 3.8) is 0 Å². The predicted octanol–water partition coefficient (Wildman–Crippen LogP) is 1.67. The van der Waals surface area contributed by atoms with Crippen LogP contribution in [-0.4, -0.2) is 62.5 Å². The summed E-state index contributed by atoms with van der Waals surface area (Å²) in [6.45, 7) is 3.36. The third-order valence-corrected chi connectivity index (χ3v) is 6.36. The molecule has 1 heterocycles. The Morgan fingerprint density at radius 2 is 2.00 bits per heavy atom. The molecule has 26 heavy (non-hydrogen) atoms. The summed E-state index contributed by atoms with van der Waals surface area (Å²) in [5.41, 5.74) is 0.237. The molecule has 1 aliphatic heterocycles. The molecule has 1 amide bonds. The highest BCUT2D eigenvalue weighted by Crippen LogP contribution is 2.22. The van der Waals surface area contributed by atoms with Gasteiger partial charge in [0.1, 0.15) is 11.3 Å². The van der Waals surface area contributed by atoms with Crippen molar-refractivity contribution in [2.24, 2.45) is 0 Å². The second-order valence-electron chi connectivity index (χ2n) is 6.39. The van der Waals surface area contributed by atoms with Crippen LogP contribution >= 0.6 is 0 Å². The summed E-state index contributed by atoms with van der Waals surface area (Å²) in [6.07, 6.45) is 1.10. The number of para-hydroxylation sites is 1. The molecule has 0 saturated carbocycles. The van der Waals surface area contributed by atoms with Gasteiger partial charge >= 0.3 is 5.97 Å². The fourth-order valence-corrected chi connectivity index (χ4v) is 4.81. The molecule has 1 fully saturated rings. The van der Waals surface area contributed by atoms with E-state index in [2.05, 4.69) is 0 Å². The first kappa shape index (κ1) is 20.2. The Kier molecular flexibility index (Phi) is 6.63. The molecule has 0 spiro atoms. The number of nitrogens with zero attached hydrogens (tertiary/aromatic N) is 1. The maximum absolute atomic E-state index is 12.7. The van der Waals surface area contributed by atoms with E-state index in [1.54, 1.807) is 29.2 Å². The van der Waals surface area contributed by atoms with E-state index >= 15 is 0 Å². The number of hydrogen-bond donors (Lipinski definition) is 0. The number of methoxy groups -OCH3 is 1. The minimum absolute atomic E-state index is 0.0382. The molecule has 0 bridgehead atoms. The third kappa shape index (κ3) is 4.75. The Morgan fingerprint density at radius 3 is 2.58 bits per heavy atom. The fourth-order valence-electron chi connectivity index (χ4n) is 3.09. The molecular weight excluding hydrogens is 358 g/mol. The van der Waals surface area contributed by atoms with Gasteiger partial charge in [-0.1, -0.05) is 19.1 Å². The van der Waals surface area contributed by atoms with E-state index < -0.39 is 22.4 Å². The van der Waals surface area contributed by atoms with Gasteiger partial charge in [0.15, 0.2) is 16.4 Å². The normalized spacial score (nSPS) is 19.6. The Bertz CT molecular complexity index is 761. The monoisotopic (exact) mass is 383 g/mol. The largest absolute Gasteiger partial charge is 0.496 e. The Morgan fingerprint density at radius 1 is 1.31 bits per heavy atom. The molecule has 1 aliphatic rings. The van der Waals surface area contributed by atoms with E-state index in [9.17, 15) is 18.0 Å². The van der Waals surface area contributed by atoms with Gasteiger partial charge in [0, 0.05) is 12.1 Å². The van der Waals surface area contributed by atoms with E-state index in [4.69, 9.17) is 9.47 Å². The van der Waals surface area contributed by atoms with Crippen molar-refractivity contribution in [3.8, 4) is 5.75 Å². The fraction of sp³-hybridized carbons (Fsp3) is 0.556. The highest BCUT2D eigenvalue weighted by Gasteiger charge is 2.36. The second kappa shape index (κ2) is 8.53. The maximum Gasteiger partial charge on any atom is 0.342 e. The lowest BCUT2D eigenvalue weighted by Crippen LogP contribution is -2.48. The van der Waals surface area contributed by atoms with Gasteiger partial charge in [-0.15, -0.1) is 0 Å². The number of ether oxygens (including phenoxy) is 2. The van der Waals surface area contributed by atoms with Gasteiger partial charge in [-0.25, -0.2) is 13.2 Å². The zero-order valence-corrected chi connectivity index (χ0v) is 16.1. The molecule has 2 rings (SSSR count). The van der Waals surface area contributed by atoms with Crippen LogP contribution < -0.4 is 4.74 Å². The topological polar surface area (TPSA) is 90.0 Å². The SMILES string of the molecule is CC[C@H](C)N(C(=O)COC(=O)c1ccccc1OC)[C@@H]1CCS(=O)(=O)C1. The van der Waals surface area contributed by atoms with E-state index in [0.29, 0.717) is 18.6 Å².